The Labute approximate surface area is 117 Å². The predicted octanol–water partition coefficient (Wildman–Crippen LogP) is 2.60. The minimum Gasteiger partial charge on any atom is -0.311 e. The smallest absolute Gasteiger partial charge is 0.311 e. The molecule has 1 unspecified atom stereocenters. The van der Waals surface area contributed by atoms with Crippen molar-refractivity contribution in [3.63, 3.8) is 0 Å². The summed E-state index contributed by atoms with van der Waals surface area (Å²) in [4.78, 5) is 1.65. The summed E-state index contributed by atoms with van der Waals surface area (Å²) in [6.07, 6.45) is -2.80. The van der Waals surface area contributed by atoms with Gasteiger partial charge in [-0.25, -0.2) is 0 Å². The Kier molecular flexibility index (Phi) is 3.50. The Morgan fingerprint density at radius 1 is 1.20 bits per heavy atom. The van der Waals surface area contributed by atoms with E-state index >= 15 is 0 Å². The van der Waals surface area contributed by atoms with Gasteiger partial charge in [-0.05, 0) is 24.8 Å². The van der Waals surface area contributed by atoms with Crippen LogP contribution in [0.25, 0.3) is 0 Å². The third-order valence-corrected chi connectivity index (χ3v) is 4.44. The lowest BCUT2D eigenvalue weighted by atomic mass is 10.0. The molecule has 1 heterocycles. The first-order valence-electron chi connectivity index (χ1n) is 7.10. The maximum Gasteiger partial charge on any atom is 0.406 e. The monoisotopic (exact) mass is 284 g/mol. The molecule has 20 heavy (non-hydrogen) atoms. The van der Waals surface area contributed by atoms with E-state index in [2.05, 4.69) is 5.32 Å². The SMILES string of the molecule is FC(F)(F)C1(N2CCNC(Cc3ccccc3)C2)CC1. The summed E-state index contributed by atoms with van der Waals surface area (Å²) < 4.78 is 39.5. The standard InChI is InChI=1S/C15H19F3N2/c16-15(17,18)14(6-7-14)20-9-8-19-13(11-20)10-12-4-2-1-3-5-12/h1-5,13,19H,6-11H2. The Morgan fingerprint density at radius 2 is 1.90 bits per heavy atom. The van der Waals surface area contributed by atoms with Gasteiger partial charge in [0.15, 0.2) is 0 Å². The number of hydrogen-bond donors (Lipinski definition) is 1. The third-order valence-electron chi connectivity index (χ3n) is 4.44. The first kappa shape index (κ1) is 13.9. The Balaban J connectivity index is 1.66. The van der Waals surface area contributed by atoms with Gasteiger partial charge in [-0.1, -0.05) is 30.3 Å². The molecule has 1 N–H and O–H groups in total. The van der Waals surface area contributed by atoms with Crippen molar-refractivity contribution in [3.05, 3.63) is 35.9 Å². The fourth-order valence-electron chi connectivity index (χ4n) is 3.15. The molecule has 0 radical (unpaired) electrons. The summed E-state index contributed by atoms with van der Waals surface area (Å²) in [6, 6.07) is 10.0. The van der Waals surface area contributed by atoms with Crippen LogP contribution in [0.15, 0.2) is 30.3 Å². The molecule has 1 saturated heterocycles. The summed E-state index contributed by atoms with van der Waals surface area (Å²) in [5, 5.41) is 3.34. The zero-order chi connectivity index (χ0) is 14.2. The fraction of sp³-hybridized carbons (Fsp3) is 0.600. The normalized spacial score (nSPS) is 26.4. The zero-order valence-electron chi connectivity index (χ0n) is 11.3. The van der Waals surface area contributed by atoms with Crippen molar-refractivity contribution in [1.82, 2.24) is 10.2 Å². The van der Waals surface area contributed by atoms with E-state index in [0.29, 0.717) is 19.6 Å². The van der Waals surface area contributed by atoms with Crippen LogP contribution in [0.3, 0.4) is 0 Å². The molecule has 2 aliphatic rings. The highest BCUT2D eigenvalue weighted by Crippen LogP contribution is 2.53. The second-order valence-corrected chi connectivity index (χ2v) is 5.82. The van der Waals surface area contributed by atoms with Gasteiger partial charge in [-0.3, -0.25) is 4.90 Å². The van der Waals surface area contributed by atoms with Crippen LogP contribution >= 0.6 is 0 Å². The van der Waals surface area contributed by atoms with Gasteiger partial charge in [0.1, 0.15) is 5.54 Å². The molecule has 110 valence electrons. The lowest BCUT2D eigenvalue weighted by molar-refractivity contribution is -0.199. The zero-order valence-corrected chi connectivity index (χ0v) is 11.3. The summed E-state index contributed by atoms with van der Waals surface area (Å²) >= 11 is 0. The number of benzene rings is 1. The molecule has 1 aliphatic carbocycles. The van der Waals surface area contributed by atoms with E-state index in [9.17, 15) is 13.2 Å². The Hall–Kier alpha value is -1.07. The van der Waals surface area contributed by atoms with Crippen molar-refractivity contribution in [2.75, 3.05) is 19.6 Å². The first-order chi connectivity index (χ1) is 9.51. The summed E-state index contributed by atoms with van der Waals surface area (Å²) in [7, 11) is 0. The van der Waals surface area contributed by atoms with Crippen molar-refractivity contribution < 1.29 is 13.2 Å². The Morgan fingerprint density at radius 3 is 2.50 bits per heavy atom. The van der Waals surface area contributed by atoms with Gasteiger partial charge in [0.05, 0.1) is 0 Å². The highest BCUT2D eigenvalue weighted by atomic mass is 19.4. The largest absolute Gasteiger partial charge is 0.406 e. The molecule has 1 atom stereocenters. The van der Waals surface area contributed by atoms with Crippen LogP contribution in [-0.2, 0) is 6.42 Å². The van der Waals surface area contributed by atoms with Crippen molar-refractivity contribution in [2.45, 2.75) is 37.0 Å². The van der Waals surface area contributed by atoms with Crippen molar-refractivity contribution in [2.24, 2.45) is 0 Å². The van der Waals surface area contributed by atoms with E-state index in [-0.39, 0.29) is 18.9 Å². The number of nitrogens with zero attached hydrogens (tertiary/aromatic N) is 1. The highest BCUT2D eigenvalue weighted by molar-refractivity contribution is 5.17. The summed E-state index contributed by atoms with van der Waals surface area (Å²) in [6.45, 7) is 1.61. The van der Waals surface area contributed by atoms with E-state index in [1.165, 1.54) is 5.56 Å². The lowest BCUT2D eigenvalue weighted by Gasteiger charge is -2.40. The van der Waals surface area contributed by atoms with Gasteiger partial charge < -0.3 is 5.32 Å². The molecule has 1 aromatic carbocycles. The average Bonchev–Trinajstić information content (AvgIpc) is 3.21. The van der Waals surface area contributed by atoms with E-state index in [4.69, 9.17) is 0 Å². The summed E-state index contributed by atoms with van der Waals surface area (Å²) in [5.74, 6) is 0. The number of halogens is 3. The quantitative estimate of drug-likeness (QED) is 0.918. The van der Waals surface area contributed by atoms with Gasteiger partial charge in [-0.15, -0.1) is 0 Å². The second kappa shape index (κ2) is 5.04. The maximum absolute atomic E-state index is 13.2. The number of piperazine rings is 1. The number of rotatable bonds is 3. The molecule has 0 spiro atoms. The lowest BCUT2D eigenvalue weighted by Crippen LogP contribution is -2.59. The molecule has 3 rings (SSSR count). The minimum absolute atomic E-state index is 0.103. The molecular formula is C15H19F3N2. The van der Waals surface area contributed by atoms with Crippen molar-refractivity contribution in [1.29, 1.82) is 0 Å². The van der Waals surface area contributed by atoms with Crippen LogP contribution in [0.2, 0.25) is 0 Å². The topological polar surface area (TPSA) is 15.3 Å². The van der Waals surface area contributed by atoms with Crippen LogP contribution in [0.5, 0.6) is 0 Å². The molecule has 0 aromatic heterocycles. The van der Waals surface area contributed by atoms with Gasteiger partial charge >= 0.3 is 6.18 Å². The predicted molar refractivity (Wildman–Crippen MR) is 71.5 cm³/mol. The Bertz CT molecular complexity index is 454. The first-order valence-corrected chi connectivity index (χ1v) is 7.10. The molecule has 0 amide bonds. The molecule has 0 bridgehead atoms. The third kappa shape index (κ3) is 2.56. The average molecular weight is 284 g/mol. The van der Waals surface area contributed by atoms with Gasteiger partial charge in [0.25, 0.3) is 0 Å². The van der Waals surface area contributed by atoms with Crippen LogP contribution in [-0.4, -0.2) is 42.3 Å². The van der Waals surface area contributed by atoms with Crippen LogP contribution in [0, 0.1) is 0 Å². The van der Waals surface area contributed by atoms with E-state index in [1.54, 1.807) is 4.90 Å². The number of alkyl halides is 3. The van der Waals surface area contributed by atoms with Gasteiger partial charge in [0, 0.05) is 25.7 Å². The van der Waals surface area contributed by atoms with Gasteiger partial charge in [0.2, 0.25) is 0 Å². The van der Waals surface area contributed by atoms with E-state index in [0.717, 1.165) is 6.42 Å². The van der Waals surface area contributed by atoms with Crippen LogP contribution in [0.1, 0.15) is 18.4 Å². The molecule has 1 aliphatic heterocycles. The van der Waals surface area contributed by atoms with Crippen LogP contribution in [0.4, 0.5) is 13.2 Å². The molecule has 2 fully saturated rings. The summed E-state index contributed by atoms with van der Waals surface area (Å²) in [5.41, 5.74) is -0.354. The minimum atomic E-state index is -4.10. The highest BCUT2D eigenvalue weighted by Gasteiger charge is 2.66. The van der Waals surface area contributed by atoms with E-state index in [1.807, 2.05) is 30.3 Å². The molecule has 5 heteroatoms. The molecule has 2 nitrogen and oxygen atoms in total. The van der Waals surface area contributed by atoms with Crippen molar-refractivity contribution >= 4 is 0 Å². The van der Waals surface area contributed by atoms with Crippen molar-refractivity contribution in [3.8, 4) is 0 Å². The fourth-order valence-corrected chi connectivity index (χ4v) is 3.15. The van der Waals surface area contributed by atoms with Crippen LogP contribution < -0.4 is 5.32 Å². The van der Waals surface area contributed by atoms with Gasteiger partial charge in [-0.2, -0.15) is 13.2 Å². The molecule has 1 aromatic rings. The maximum atomic E-state index is 13.2. The molecule has 1 saturated carbocycles. The van der Waals surface area contributed by atoms with E-state index < -0.39 is 11.7 Å². The second-order valence-electron chi connectivity index (χ2n) is 5.82. The number of nitrogens with one attached hydrogen (secondary N) is 1. The molecular weight excluding hydrogens is 265 g/mol. The number of hydrogen-bond acceptors (Lipinski definition) is 2.